The number of aromatic amines is 2. The minimum Gasteiger partial charge on any atom is -0.457 e. The van der Waals surface area contributed by atoms with Crippen LogP contribution in [0.1, 0.15) is 27.7 Å². The van der Waals surface area contributed by atoms with E-state index in [1.807, 2.05) is 27.7 Å². The molecule has 0 radical (unpaired) electrons. The van der Waals surface area contributed by atoms with Crippen LogP contribution in [-0.2, 0) is 0 Å². The Kier molecular flexibility index (Phi) is 6.92. The Morgan fingerprint density at radius 2 is 1.19 bits per heavy atom. The van der Waals surface area contributed by atoms with Gasteiger partial charge in [0, 0.05) is 36.3 Å². The van der Waals surface area contributed by atoms with Crippen molar-refractivity contribution in [2.75, 3.05) is 23.7 Å². The molecular weight excluding hydrogens is 476 g/mol. The van der Waals surface area contributed by atoms with E-state index in [1.54, 1.807) is 36.4 Å². The van der Waals surface area contributed by atoms with E-state index in [1.165, 1.54) is 0 Å². The van der Waals surface area contributed by atoms with Gasteiger partial charge in [-0.25, -0.2) is 19.6 Å². The molecule has 37 heavy (non-hydrogen) atoms. The van der Waals surface area contributed by atoms with Crippen molar-refractivity contribution in [3.63, 3.8) is 0 Å². The molecule has 0 aliphatic heterocycles. The summed E-state index contributed by atoms with van der Waals surface area (Å²) >= 11 is 0. The van der Waals surface area contributed by atoms with Gasteiger partial charge in [0.25, 0.3) is 0 Å². The number of carbonyl (C=O) groups is 2. The highest BCUT2D eigenvalue weighted by Crippen LogP contribution is 2.28. The number of nitrogens with two attached hydrogens (primary N) is 2. The van der Waals surface area contributed by atoms with Crippen molar-refractivity contribution < 1.29 is 14.3 Å². The zero-order valence-electron chi connectivity index (χ0n) is 21.2. The highest BCUT2D eigenvalue weighted by atomic mass is 16.5. The van der Waals surface area contributed by atoms with Crippen LogP contribution < -0.4 is 37.5 Å². The van der Waals surface area contributed by atoms with Gasteiger partial charge in [0.1, 0.15) is 11.5 Å². The van der Waals surface area contributed by atoms with Crippen LogP contribution in [0.3, 0.4) is 0 Å². The first kappa shape index (κ1) is 25.7. The van der Waals surface area contributed by atoms with Crippen LogP contribution in [0.15, 0.2) is 36.4 Å². The lowest BCUT2D eigenvalue weighted by Gasteiger charge is -2.18. The third kappa shape index (κ3) is 7.32. The minimum atomic E-state index is -0.523. The van der Waals surface area contributed by atoms with Crippen molar-refractivity contribution in [1.29, 1.82) is 0 Å². The molecule has 4 amide bonds. The number of H-pyrrole nitrogens is 2. The molecule has 0 fully saturated rings. The highest BCUT2D eigenvalue weighted by molar-refractivity contribution is 5.91. The Balaban J connectivity index is 1.40. The number of nitrogens with one attached hydrogen (secondary N) is 6. The van der Waals surface area contributed by atoms with Gasteiger partial charge in [0.05, 0.1) is 22.1 Å². The molecule has 13 nitrogen and oxygen atoms in total. The second kappa shape index (κ2) is 9.95. The number of benzene rings is 2. The van der Waals surface area contributed by atoms with Crippen LogP contribution in [0.5, 0.6) is 11.5 Å². The zero-order valence-corrected chi connectivity index (χ0v) is 21.2. The van der Waals surface area contributed by atoms with Crippen LogP contribution in [0.4, 0.5) is 21.5 Å². The number of carbonyl (C=O) groups excluding carboxylic acids is 2. The molecule has 0 bridgehead atoms. The average molecular weight is 509 g/mol. The van der Waals surface area contributed by atoms with Crippen molar-refractivity contribution in [2.45, 2.75) is 38.8 Å². The SMILES string of the molecule is CC(C)(N)CNC(=O)Nc1nc2ccc(Oc3ccc4nc(NC(=O)NCC(C)(C)N)[nH]c4c3)cc2[nH]1. The van der Waals surface area contributed by atoms with Crippen LogP contribution >= 0.6 is 0 Å². The first-order valence-corrected chi connectivity index (χ1v) is 11.7. The van der Waals surface area contributed by atoms with Crippen molar-refractivity contribution in [2.24, 2.45) is 11.5 Å². The van der Waals surface area contributed by atoms with Gasteiger partial charge in [-0.15, -0.1) is 0 Å². The van der Waals surface area contributed by atoms with Crippen LogP contribution in [0, 0.1) is 0 Å². The second-order valence-electron chi connectivity index (χ2n) is 10.2. The molecule has 0 saturated heterocycles. The van der Waals surface area contributed by atoms with E-state index < -0.39 is 23.1 Å². The molecule has 2 aromatic heterocycles. The maximum absolute atomic E-state index is 12.1. The third-order valence-corrected chi connectivity index (χ3v) is 5.02. The van der Waals surface area contributed by atoms with E-state index in [-0.39, 0.29) is 0 Å². The monoisotopic (exact) mass is 508 g/mol. The fourth-order valence-corrected chi connectivity index (χ4v) is 3.28. The summed E-state index contributed by atoms with van der Waals surface area (Å²) in [5.41, 5.74) is 13.4. The maximum Gasteiger partial charge on any atom is 0.321 e. The summed E-state index contributed by atoms with van der Waals surface area (Å²) in [6.45, 7) is 7.91. The lowest BCUT2D eigenvalue weighted by Crippen LogP contribution is -2.46. The average Bonchev–Trinajstić information content (AvgIpc) is 3.37. The summed E-state index contributed by atoms with van der Waals surface area (Å²) in [5, 5.41) is 10.7. The second-order valence-corrected chi connectivity index (χ2v) is 10.2. The zero-order chi connectivity index (χ0) is 26.8. The number of fused-ring (bicyclic) bond motifs is 2. The molecular formula is C24H32N10O3. The number of imidazole rings is 2. The van der Waals surface area contributed by atoms with Crippen molar-refractivity contribution >= 4 is 46.0 Å². The van der Waals surface area contributed by atoms with E-state index in [4.69, 9.17) is 16.2 Å². The first-order valence-electron chi connectivity index (χ1n) is 11.7. The predicted molar refractivity (Wildman–Crippen MR) is 143 cm³/mol. The number of urea groups is 2. The fraction of sp³-hybridized carbons (Fsp3) is 0.333. The largest absolute Gasteiger partial charge is 0.457 e. The maximum atomic E-state index is 12.1. The number of hydrogen-bond acceptors (Lipinski definition) is 7. The number of amides is 4. The topological polar surface area (TPSA) is 201 Å². The molecule has 13 heteroatoms. The molecule has 196 valence electrons. The van der Waals surface area contributed by atoms with E-state index in [0.717, 1.165) is 0 Å². The molecule has 0 atom stereocenters. The number of nitrogens with zero attached hydrogens (tertiary/aromatic N) is 2. The number of ether oxygens (including phenoxy) is 1. The molecule has 0 aliphatic carbocycles. The Morgan fingerprint density at radius 1 is 0.784 bits per heavy atom. The molecule has 4 aromatic rings. The van der Waals surface area contributed by atoms with Gasteiger partial charge < -0.3 is 36.8 Å². The van der Waals surface area contributed by atoms with E-state index in [0.29, 0.717) is 58.6 Å². The predicted octanol–water partition coefficient (Wildman–Crippen LogP) is 2.95. The molecule has 0 unspecified atom stereocenters. The summed E-state index contributed by atoms with van der Waals surface area (Å²) < 4.78 is 6.00. The van der Waals surface area contributed by atoms with Crippen molar-refractivity contribution in [3.05, 3.63) is 36.4 Å². The Morgan fingerprint density at radius 3 is 1.57 bits per heavy atom. The number of rotatable bonds is 8. The Hall–Kier alpha value is -4.36. The molecule has 0 saturated carbocycles. The van der Waals surface area contributed by atoms with Gasteiger partial charge in [-0.2, -0.15) is 0 Å². The Labute approximate surface area is 213 Å². The third-order valence-electron chi connectivity index (χ3n) is 5.02. The van der Waals surface area contributed by atoms with Gasteiger partial charge in [-0.3, -0.25) is 10.6 Å². The smallest absolute Gasteiger partial charge is 0.321 e. The standard InChI is InChI=1S/C24H32N10O3/c1-23(2,25)11-27-21(35)33-19-29-15-7-5-13(9-17(15)31-19)37-14-6-8-16-18(10-14)32-20(30-16)34-22(36)28-12-24(3,4)26/h5-10H,11-12,25-26H2,1-4H3,(H3,27,29,31,33,35)(H3,28,30,32,34,36). The van der Waals surface area contributed by atoms with Crippen LogP contribution in [-0.4, -0.2) is 56.2 Å². The van der Waals surface area contributed by atoms with Crippen molar-refractivity contribution in [3.8, 4) is 11.5 Å². The summed E-state index contributed by atoms with van der Waals surface area (Å²) in [7, 11) is 0. The quantitative estimate of drug-likeness (QED) is 0.179. The lowest BCUT2D eigenvalue weighted by atomic mass is 10.1. The minimum absolute atomic E-state index is 0.303. The van der Waals surface area contributed by atoms with E-state index >= 15 is 0 Å². The molecule has 2 aromatic carbocycles. The van der Waals surface area contributed by atoms with E-state index in [9.17, 15) is 9.59 Å². The van der Waals surface area contributed by atoms with E-state index in [2.05, 4.69) is 41.2 Å². The summed E-state index contributed by atoms with van der Waals surface area (Å²) in [4.78, 5) is 39.0. The lowest BCUT2D eigenvalue weighted by molar-refractivity contribution is 0.249. The van der Waals surface area contributed by atoms with Gasteiger partial charge in [-0.1, -0.05) is 0 Å². The van der Waals surface area contributed by atoms with Gasteiger partial charge in [0.15, 0.2) is 0 Å². The molecule has 2 heterocycles. The highest BCUT2D eigenvalue weighted by Gasteiger charge is 2.15. The van der Waals surface area contributed by atoms with Gasteiger partial charge >= 0.3 is 12.1 Å². The number of anilines is 2. The Bertz CT molecular complexity index is 1320. The first-order chi connectivity index (χ1) is 17.3. The van der Waals surface area contributed by atoms with Crippen LogP contribution in [0.25, 0.3) is 22.1 Å². The van der Waals surface area contributed by atoms with Gasteiger partial charge in [0.2, 0.25) is 11.9 Å². The normalized spacial score (nSPS) is 11.9. The molecule has 10 N–H and O–H groups in total. The fourth-order valence-electron chi connectivity index (χ4n) is 3.28. The van der Waals surface area contributed by atoms with Gasteiger partial charge in [-0.05, 0) is 52.0 Å². The number of aromatic nitrogens is 4. The summed E-state index contributed by atoms with van der Waals surface area (Å²) in [6.07, 6.45) is 0. The van der Waals surface area contributed by atoms with Crippen LogP contribution in [0.2, 0.25) is 0 Å². The summed E-state index contributed by atoms with van der Waals surface area (Å²) in [6, 6.07) is 9.86. The molecule has 4 rings (SSSR count). The molecule has 0 spiro atoms. The van der Waals surface area contributed by atoms with Crippen molar-refractivity contribution in [1.82, 2.24) is 30.6 Å². The summed E-state index contributed by atoms with van der Waals surface area (Å²) in [5.74, 6) is 1.74. The molecule has 0 aliphatic rings. The number of hydrogen-bond donors (Lipinski definition) is 8.